The van der Waals surface area contributed by atoms with Crippen LogP contribution in [0.25, 0.3) is 0 Å². The van der Waals surface area contributed by atoms with E-state index in [0.717, 1.165) is 7.41 Å². The maximum atomic E-state index is 4.66. The van der Waals surface area contributed by atoms with Gasteiger partial charge in [-0.15, -0.1) is 0 Å². The largest absolute Gasteiger partial charge is 0.767 e. The van der Waals surface area contributed by atoms with Crippen molar-refractivity contribution in [1.82, 2.24) is 0 Å². The van der Waals surface area contributed by atoms with Crippen LogP contribution in [0.2, 0.25) is 0 Å². The van der Waals surface area contributed by atoms with E-state index in [4.69, 9.17) is 0 Å². The summed E-state index contributed by atoms with van der Waals surface area (Å²) in [5, 5.41) is 0. The van der Waals surface area contributed by atoms with Gasteiger partial charge in [0.1, 0.15) is 0 Å². The molecule has 0 saturated carbocycles. The molecule has 0 aliphatic carbocycles. The molecule has 0 radical (unpaired) electrons. The SMILES string of the molecule is CC(C)(C)[C-]=P[S-].[Ti].c1cc[cH-]c1.c1cc[cH-]c1. The molecule has 0 N–H and O–H groups in total. The van der Waals surface area contributed by atoms with Gasteiger partial charge in [0.25, 0.3) is 0 Å². The third kappa shape index (κ3) is 18.3. The second kappa shape index (κ2) is 13.4. The molecule has 0 heterocycles. The monoisotopic (exact) mass is 310 g/mol. The van der Waals surface area contributed by atoms with Crippen LogP contribution >= 0.6 is 7.41 Å². The average molecular weight is 310 g/mol. The normalized spacial score (nSPS) is 9.56. The summed E-state index contributed by atoms with van der Waals surface area (Å²) < 4.78 is 0. The van der Waals surface area contributed by atoms with Crippen molar-refractivity contribution in [3.63, 3.8) is 0 Å². The third-order valence-electron chi connectivity index (χ3n) is 1.49. The Morgan fingerprint density at radius 2 is 1.22 bits per heavy atom. The van der Waals surface area contributed by atoms with Gasteiger partial charge in [-0.05, 0) is 0 Å². The van der Waals surface area contributed by atoms with Gasteiger partial charge < -0.3 is 25.5 Å². The van der Waals surface area contributed by atoms with Crippen LogP contribution in [0.5, 0.6) is 0 Å². The van der Waals surface area contributed by atoms with Gasteiger partial charge in [0.2, 0.25) is 0 Å². The molecule has 0 amide bonds. The Morgan fingerprint density at radius 3 is 1.28 bits per heavy atom. The van der Waals surface area contributed by atoms with Gasteiger partial charge >= 0.3 is 0 Å². The molecule has 2 aromatic carbocycles. The molecule has 0 spiro atoms. The first kappa shape index (κ1) is 20.3. The molecule has 2 aromatic rings. The molecular weight excluding hydrogens is 291 g/mol. The first-order valence-electron chi connectivity index (χ1n) is 5.49. The van der Waals surface area contributed by atoms with Crippen molar-refractivity contribution in [1.29, 1.82) is 0 Å². The number of rotatable bonds is 0. The minimum Gasteiger partial charge on any atom is -0.767 e. The zero-order chi connectivity index (χ0) is 13.0. The van der Waals surface area contributed by atoms with Gasteiger partial charge in [0.15, 0.2) is 0 Å². The second-order valence-corrected chi connectivity index (χ2v) is 5.33. The Labute approximate surface area is 133 Å². The van der Waals surface area contributed by atoms with Crippen molar-refractivity contribution >= 4 is 25.5 Å². The van der Waals surface area contributed by atoms with Crippen LogP contribution < -0.4 is 0 Å². The summed E-state index contributed by atoms with van der Waals surface area (Å²) in [6.45, 7) is 6.27. The Bertz CT molecular complexity index is 284. The molecule has 98 valence electrons. The molecule has 0 aromatic heterocycles. The van der Waals surface area contributed by atoms with Crippen molar-refractivity contribution in [2.75, 3.05) is 0 Å². The van der Waals surface area contributed by atoms with Gasteiger partial charge in [-0.25, -0.2) is 24.3 Å². The predicted molar refractivity (Wildman–Crippen MR) is 82.8 cm³/mol. The van der Waals surface area contributed by atoms with Crippen LogP contribution in [0.4, 0.5) is 0 Å². The minimum atomic E-state index is 0. The van der Waals surface area contributed by atoms with Crippen molar-refractivity contribution < 1.29 is 21.7 Å². The third-order valence-corrected chi connectivity index (χ3v) is 2.53. The second-order valence-electron chi connectivity index (χ2n) is 4.38. The van der Waals surface area contributed by atoms with E-state index in [1.807, 2.05) is 60.7 Å². The maximum Gasteiger partial charge on any atom is 0 e. The van der Waals surface area contributed by atoms with Crippen LogP contribution in [0.1, 0.15) is 20.8 Å². The van der Waals surface area contributed by atoms with E-state index in [0.29, 0.717) is 0 Å². The summed E-state index contributed by atoms with van der Waals surface area (Å²) in [5.41, 5.74) is 0.184. The quantitative estimate of drug-likeness (QED) is 0.288. The summed E-state index contributed by atoms with van der Waals surface area (Å²) in [5.74, 6) is 3.07. The molecule has 0 bridgehead atoms. The van der Waals surface area contributed by atoms with Crippen LogP contribution in [-0.4, -0.2) is 5.80 Å². The summed E-state index contributed by atoms with van der Waals surface area (Å²) >= 11 is 4.66. The molecule has 3 heteroatoms. The van der Waals surface area contributed by atoms with Gasteiger partial charge in [0, 0.05) is 21.7 Å². The van der Waals surface area contributed by atoms with Crippen molar-refractivity contribution in [2.24, 2.45) is 5.41 Å². The van der Waals surface area contributed by atoms with Crippen molar-refractivity contribution in [2.45, 2.75) is 20.8 Å². The first-order chi connectivity index (χ1) is 8.06. The maximum absolute atomic E-state index is 4.66. The van der Waals surface area contributed by atoms with E-state index in [1.165, 1.54) is 0 Å². The number of hydrogen-bond acceptors (Lipinski definition) is 1. The fraction of sp³-hybridized carbons (Fsp3) is 0.267. The summed E-state index contributed by atoms with van der Waals surface area (Å²) in [7, 11) is 0.842. The summed E-state index contributed by atoms with van der Waals surface area (Å²) in [6, 6.07) is 20.0. The zero-order valence-corrected chi connectivity index (χ0v) is 14.4. The molecule has 0 saturated heterocycles. The van der Waals surface area contributed by atoms with Gasteiger partial charge in [-0.3, -0.25) is 0 Å². The van der Waals surface area contributed by atoms with E-state index in [2.05, 4.69) is 38.8 Å². The smallest absolute Gasteiger partial charge is 0 e. The molecule has 0 atom stereocenters. The van der Waals surface area contributed by atoms with Crippen molar-refractivity contribution in [3.8, 4) is 0 Å². The zero-order valence-electron chi connectivity index (χ0n) is 11.1. The minimum absolute atomic E-state index is 0. The Balaban J connectivity index is 0. The topological polar surface area (TPSA) is 0 Å². The molecular formula is C15H19PSTi-4. The Hall–Kier alpha value is -0.0657. The van der Waals surface area contributed by atoms with Crippen LogP contribution in [0, 0.1) is 5.41 Å². The molecule has 0 aliphatic rings. The van der Waals surface area contributed by atoms with E-state index in [9.17, 15) is 0 Å². The van der Waals surface area contributed by atoms with Crippen molar-refractivity contribution in [3.05, 3.63) is 60.7 Å². The molecule has 2 rings (SSSR count). The molecule has 18 heavy (non-hydrogen) atoms. The van der Waals surface area contributed by atoms with E-state index in [1.54, 1.807) is 0 Å². The van der Waals surface area contributed by atoms with Gasteiger partial charge in [-0.1, -0.05) is 20.8 Å². The van der Waals surface area contributed by atoms with E-state index >= 15 is 0 Å². The molecule has 0 aliphatic heterocycles. The average Bonchev–Trinajstić information content (AvgIpc) is 2.96. The Kier molecular flexibility index (Phi) is 15.0. The van der Waals surface area contributed by atoms with Gasteiger partial charge in [0.05, 0.1) is 0 Å². The fourth-order valence-corrected chi connectivity index (χ4v) is 1.87. The summed E-state index contributed by atoms with van der Waals surface area (Å²) in [6.07, 6.45) is 0. The first-order valence-corrected chi connectivity index (χ1v) is 7.40. The Morgan fingerprint density at radius 1 is 0.889 bits per heavy atom. The van der Waals surface area contributed by atoms with Gasteiger partial charge in [-0.2, -0.15) is 41.8 Å². The number of hydrogen-bond donors (Lipinski definition) is 0. The fourth-order valence-electron chi connectivity index (χ4n) is 0.778. The molecule has 0 fully saturated rings. The van der Waals surface area contributed by atoms with Crippen LogP contribution in [0.15, 0.2) is 60.7 Å². The van der Waals surface area contributed by atoms with E-state index in [-0.39, 0.29) is 27.1 Å². The summed E-state index contributed by atoms with van der Waals surface area (Å²) in [4.78, 5) is 0. The molecule has 0 unspecified atom stereocenters. The predicted octanol–water partition coefficient (Wildman–Crippen LogP) is 4.93. The standard InChI is InChI=1S/C5H9PS.2C5H5.Ti/c1-5(2,3)4-6-7;2*1-2-4-5-3-1;/h1-3H3;2*1-5H;/q-2;2*-1;. The van der Waals surface area contributed by atoms with E-state index < -0.39 is 0 Å². The molecule has 0 nitrogen and oxygen atoms in total. The van der Waals surface area contributed by atoms with Crippen LogP contribution in [-0.2, 0) is 34.0 Å². The van der Waals surface area contributed by atoms with Crippen LogP contribution in [0.3, 0.4) is 0 Å².